The summed E-state index contributed by atoms with van der Waals surface area (Å²) in [5.41, 5.74) is 0.0797. The van der Waals surface area contributed by atoms with Gasteiger partial charge in [0, 0.05) is 23.6 Å². The summed E-state index contributed by atoms with van der Waals surface area (Å²) in [7, 11) is 0. The topological polar surface area (TPSA) is 29.1 Å². The molecule has 0 radical (unpaired) electrons. The Morgan fingerprint density at radius 2 is 2.25 bits per heavy atom. The molecule has 1 saturated heterocycles. The van der Waals surface area contributed by atoms with Gasteiger partial charge in [-0.3, -0.25) is 4.79 Å². The van der Waals surface area contributed by atoms with Crippen LogP contribution in [0.3, 0.4) is 0 Å². The summed E-state index contributed by atoms with van der Waals surface area (Å²) in [6, 6.07) is 0.183. The number of nitrogens with one attached hydrogen (secondary N) is 1. The third kappa shape index (κ3) is 4.17. The van der Waals surface area contributed by atoms with Crippen molar-refractivity contribution in [3.63, 3.8) is 0 Å². The molecule has 1 amide bonds. The number of hydrogen-bond acceptors (Lipinski definition) is 2. The van der Waals surface area contributed by atoms with Gasteiger partial charge < -0.3 is 5.32 Å². The van der Waals surface area contributed by atoms with Gasteiger partial charge in [-0.25, -0.2) is 0 Å². The van der Waals surface area contributed by atoms with Gasteiger partial charge in [-0.05, 0) is 24.0 Å². The van der Waals surface area contributed by atoms with Crippen LogP contribution in [0.2, 0.25) is 0 Å². The van der Waals surface area contributed by atoms with Gasteiger partial charge in [-0.2, -0.15) is 11.8 Å². The quantitative estimate of drug-likeness (QED) is 0.791. The molecule has 0 aromatic rings. The summed E-state index contributed by atoms with van der Waals surface area (Å²) in [4.78, 5) is 12.0. The van der Waals surface area contributed by atoms with Crippen LogP contribution in [0.4, 0.5) is 0 Å². The Labute approximate surface area is 108 Å². The minimum atomic E-state index is 0.0797. The molecule has 0 aliphatic carbocycles. The van der Waals surface area contributed by atoms with Gasteiger partial charge in [0.1, 0.15) is 0 Å². The van der Waals surface area contributed by atoms with E-state index < -0.39 is 0 Å². The third-order valence-corrected chi connectivity index (χ3v) is 4.44. The highest BCUT2D eigenvalue weighted by Gasteiger charge is 2.29. The average molecular weight is 264 g/mol. The lowest BCUT2D eigenvalue weighted by Gasteiger charge is -2.32. The Hall–Kier alpha value is 0.110. The Bertz CT molecular complexity index is 234. The predicted octanol–water partition coefficient (Wildman–Crippen LogP) is 2.90. The maximum absolute atomic E-state index is 12.0. The number of carbonyl (C=O) groups excluding carboxylic acids is 1. The molecule has 94 valence electrons. The highest BCUT2D eigenvalue weighted by atomic mass is 35.5. The second kappa shape index (κ2) is 6.15. The number of carbonyl (C=O) groups is 1. The second-order valence-electron chi connectivity index (χ2n) is 5.47. The third-order valence-electron chi connectivity index (χ3n) is 3.06. The molecule has 0 aromatic carbocycles. The van der Waals surface area contributed by atoms with Gasteiger partial charge in [-0.15, -0.1) is 11.6 Å². The van der Waals surface area contributed by atoms with Crippen molar-refractivity contribution in [3.05, 3.63) is 0 Å². The number of amides is 1. The number of halogens is 1. The maximum atomic E-state index is 12.0. The van der Waals surface area contributed by atoms with Crippen LogP contribution >= 0.6 is 23.4 Å². The molecule has 0 spiro atoms. The van der Waals surface area contributed by atoms with Crippen LogP contribution in [0.1, 0.15) is 33.6 Å². The smallest absolute Gasteiger partial charge is 0.224 e. The molecule has 1 rings (SSSR count). The van der Waals surface area contributed by atoms with Crippen molar-refractivity contribution in [2.75, 3.05) is 17.4 Å². The van der Waals surface area contributed by atoms with Gasteiger partial charge in [0.2, 0.25) is 5.91 Å². The standard InChI is InChI=1S/C12H22ClNOS/c1-12(2,3)10(4-6-13)14-11(15)9-5-7-16-8-9/h9-10H,4-8H2,1-3H3,(H,14,15). The average Bonchev–Trinajstić information content (AvgIpc) is 2.68. The maximum Gasteiger partial charge on any atom is 0.224 e. The minimum Gasteiger partial charge on any atom is -0.353 e. The van der Waals surface area contributed by atoms with Crippen molar-refractivity contribution in [3.8, 4) is 0 Å². The van der Waals surface area contributed by atoms with E-state index in [-0.39, 0.29) is 23.3 Å². The molecule has 4 heteroatoms. The van der Waals surface area contributed by atoms with E-state index in [2.05, 4.69) is 26.1 Å². The Morgan fingerprint density at radius 3 is 2.69 bits per heavy atom. The first-order valence-electron chi connectivity index (χ1n) is 5.89. The van der Waals surface area contributed by atoms with Crippen molar-refractivity contribution in [1.29, 1.82) is 0 Å². The summed E-state index contributed by atoms with van der Waals surface area (Å²) in [6.45, 7) is 6.44. The van der Waals surface area contributed by atoms with Crippen LogP contribution in [0.15, 0.2) is 0 Å². The van der Waals surface area contributed by atoms with E-state index in [1.807, 2.05) is 11.8 Å². The first-order valence-corrected chi connectivity index (χ1v) is 7.58. The van der Waals surface area contributed by atoms with E-state index in [1.54, 1.807) is 0 Å². The van der Waals surface area contributed by atoms with Crippen LogP contribution in [0.25, 0.3) is 0 Å². The van der Waals surface area contributed by atoms with Crippen molar-refractivity contribution < 1.29 is 4.79 Å². The van der Waals surface area contributed by atoms with Crippen LogP contribution in [0, 0.1) is 11.3 Å². The lowest BCUT2D eigenvalue weighted by Crippen LogP contribution is -2.46. The van der Waals surface area contributed by atoms with Crippen molar-refractivity contribution in [2.45, 2.75) is 39.7 Å². The Balaban J connectivity index is 2.50. The van der Waals surface area contributed by atoms with Crippen molar-refractivity contribution >= 4 is 29.3 Å². The molecule has 1 N–H and O–H groups in total. The molecule has 0 bridgehead atoms. The zero-order valence-electron chi connectivity index (χ0n) is 10.4. The molecule has 0 saturated carbocycles. The number of alkyl halides is 1. The summed E-state index contributed by atoms with van der Waals surface area (Å²) in [5.74, 6) is 3.12. The number of hydrogen-bond donors (Lipinski definition) is 1. The molecule has 1 fully saturated rings. The lowest BCUT2D eigenvalue weighted by atomic mass is 9.85. The minimum absolute atomic E-state index is 0.0797. The van der Waals surface area contributed by atoms with Gasteiger partial charge in [0.05, 0.1) is 0 Å². The number of rotatable bonds is 4. The molecule has 1 aliphatic heterocycles. The first kappa shape index (κ1) is 14.2. The van der Waals surface area contributed by atoms with Crippen LogP contribution < -0.4 is 5.32 Å². The lowest BCUT2D eigenvalue weighted by molar-refractivity contribution is -0.125. The molecule has 0 aromatic heterocycles. The normalized spacial score (nSPS) is 23.1. The zero-order chi connectivity index (χ0) is 12.2. The Kier molecular flexibility index (Phi) is 5.45. The van der Waals surface area contributed by atoms with E-state index in [0.29, 0.717) is 5.88 Å². The molecule has 1 aliphatic rings. The van der Waals surface area contributed by atoms with Gasteiger partial charge in [-0.1, -0.05) is 20.8 Å². The fourth-order valence-corrected chi connectivity index (χ4v) is 3.30. The van der Waals surface area contributed by atoms with Crippen LogP contribution in [0.5, 0.6) is 0 Å². The monoisotopic (exact) mass is 263 g/mol. The first-order chi connectivity index (χ1) is 7.45. The molecular formula is C12H22ClNOS. The van der Waals surface area contributed by atoms with E-state index in [9.17, 15) is 4.79 Å². The van der Waals surface area contributed by atoms with Crippen molar-refractivity contribution in [2.24, 2.45) is 11.3 Å². The zero-order valence-corrected chi connectivity index (χ0v) is 12.0. The summed E-state index contributed by atoms with van der Waals surface area (Å²) in [6.07, 6.45) is 1.87. The van der Waals surface area contributed by atoms with E-state index in [4.69, 9.17) is 11.6 Å². The highest BCUT2D eigenvalue weighted by Crippen LogP contribution is 2.26. The van der Waals surface area contributed by atoms with E-state index >= 15 is 0 Å². The fourth-order valence-electron chi connectivity index (χ4n) is 1.86. The van der Waals surface area contributed by atoms with Crippen molar-refractivity contribution in [1.82, 2.24) is 5.32 Å². The highest BCUT2D eigenvalue weighted by molar-refractivity contribution is 7.99. The molecule has 2 nitrogen and oxygen atoms in total. The van der Waals surface area contributed by atoms with Crippen LogP contribution in [-0.4, -0.2) is 29.3 Å². The summed E-state index contributed by atoms with van der Waals surface area (Å²) < 4.78 is 0. The summed E-state index contributed by atoms with van der Waals surface area (Å²) >= 11 is 7.66. The molecule has 16 heavy (non-hydrogen) atoms. The predicted molar refractivity (Wildman–Crippen MR) is 72.2 cm³/mol. The van der Waals surface area contributed by atoms with Crippen LogP contribution in [-0.2, 0) is 4.79 Å². The molecule has 2 unspecified atom stereocenters. The summed E-state index contributed by atoms with van der Waals surface area (Å²) in [5, 5.41) is 3.16. The second-order valence-corrected chi connectivity index (χ2v) is 6.99. The van der Waals surface area contributed by atoms with Gasteiger partial charge in [0.25, 0.3) is 0 Å². The molecule has 1 heterocycles. The van der Waals surface area contributed by atoms with Gasteiger partial charge >= 0.3 is 0 Å². The van der Waals surface area contributed by atoms with Gasteiger partial charge in [0.15, 0.2) is 0 Å². The van der Waals surface area contributed by atoms with E-state index in [1.165, 1.54) is 0 Å². The SMILES string of the molecule is CC(C)(C)C(CCCl)NC(=O)C1CCSC1. The van der Waals surface area contributed by atoms with E-state index in [0.717, 1.165) is 24.3 Å². The number of thioether (sulfide) groups is 1. The molecular weight excluding hydrogens is 242 g/mol. The largest absolute Gasteiger partial charge is 0.353 e. The fraction of sp³-hybridized carbons (Fsp3) is 0.917. The Morgan fingerprint density at radius 1 is 1.56 bits per heavy atom. The molecule has 2 atom stereocenters.